The van der Waals surface area contributed by atoms with Crippen molar-refractivity contribution < 1.29 is 28.2 Å². The van der Waals surface area contributed by atoms with E-state index in [1.165, 1.54) is 32.4 Å². The lowest BCUT2D eigenvalue weighted by atomic mass is 9.82. The molecule has 2 aromatic carbocycles. The van der Waals surface area contributed by atoms with Crippen molar-refractivity contribution in [2.24, 2.45) is 0 Å². The summed E-state index contributed by atoms with van der Waals surface area (Å²) in [5, 5.41) is 0.0810. The minimum atomic E-state index is -0.725. The molecule has 0 saturated carbocycles. The average molecular weight is 434 g/mol. The van der Waals surface area contributed by atoms with Crippen molar-refractivity contribution >= 4 is 23.3 Å². The van der Waals surface area contributed by atoms with Gasteiger partial charge in [-0.3, -0.25) is 9.59 Å². The van der Waals surface area contributed by atoms with Gasteiger partial charge in [0, 0.05) is 38.1 Å². The second-order valence-electron chi connectivity index (χ2n) is 7.48. The van der Waals surface area contributed by atoms with Crippen molar-refractivity contribution in [3.63, 3.8) is 0 Å². The number of amides is 1. The zero-order valence-corrected chi connectivity index (χ0v) is 17.4. The molecule has 0 unspecified atom stereocenters. The van der Waals surface area contributed by atoms with Crippen molar-refractivity contribution in [2.45, 2.75) is 24.9 Å². The first-order chi connectivity index (χ1) is 14.4. The van der Waals surface area contributed by atoms with Crippen LogP contribution in [0.25, 0.3) is 0 Å². The number of piperidine rings is 1. The van der Waals surface area contributed by atoms with E-state index in [2.05, 4.69) is 0 Å². The quantitative estimate of drug-likeness (QED) is 0.728. The van der Waals surface area contributed by atoms with E-state index < -0.39 is 17.3 Å². The van der Waals surface area contributed by atoms with Crippen LogP contribution < -0.4 is 14.2 Å². The molecule has 4 rings (SSSR count). The highest BCUT2D eigenvalue weighted by Crippen LogP contribution is 2.45. The van der Waals surface area contributed by atoms with Crippen molar-refractivity contribution in [2.75, 3.05) is 27.3 Å². The van der Waals surface area contributed by atoms with Crippen LogP contribution in [0.1, 0.15) is 40.0 Å². The van der Waals surface area contributed by atoms with Crippen LogP contribution >= 0.6 is 11.6 Å². The molecule has 8 heteroatoms. The Bertz CT molecular complexity index is 997. The number of likely N-dealkylation sites (tertiary alicyclic amines) is 1. The second-order valence-corrected chi connectivity index (χ2v) is 7.88. The lowest BCUT2D eigenvalue weighted by Gasteiger charge is -2.44. The fourth-order valence-electron chi connectivity index (χ4n) is 4.11. The van der Waals surface area contributed by atoms with E-state index in [0.717, 1.165) is 0 Å². The first kappa shape index (κ1) is 20.5. The summed E-state index contributed by atoms with van der Waals surface area (Å²) < 4.78 is 31.0. The Hall–Kier alpha value is -2.80. The molecule has 158 valence electrons. The molecule has 0 aromatic heterocycles. The zero-order chi connectivity index (χ0) is 21.5. The summed E-state index contributed by atoms with van der Waals surface area (Å²) in [6, 6.07) is 7.49. The van der Waals surface area contributed by atoms with Crippen LogP contribution in [0.2, 0.25) is 5.02 Å². The zero-order valence-electron chi connectivity index (χ0n) is 16.7. The van der Waals surface area contributed by atoms with Gasteiger partial charge < -0.3 is 19.1 Å². The first-order valence-electron chi connectivity index (χ1n) is 9.59. The Morgan fingerprint density at radius 2 is 1.93 bits per heavy atom. The number of halogens is 2. The Morgan fingerprint density at radius 1 is 1.20 bits per heavy atom. The third kappa shape index (κ3) is 3.47. The van der Waals surface area contributed by atoms with Crippen molar-refractivity contribution in [3.8, 4) is 17.2 Å². The molecule has 2 heterocycles. The van der Waals surface area contributed by atoms with Gasteiger partial charge in [-0.2, -0.15) is 0 Å². The highest BCUT2D eigenvalue weighted by molar-refractivity contribution is 6.33. The Balaban J connectivity index is 1.55. The Kier molecular flexibility index (Phi) is 5.32. The Labute approximate surface area is 178 Å². The van der Waals surface area contributed by atoms with E-state index in [0.29, 0.717) is 48.7 Å². The predicted octanol–water partition coefficient (Wildman–Crippen LogP) is 4.14. The third-order valence-corrected chi connectivity index (χ3v) is 6.04. The Morgan fingerprint density at radius 3 is 2.57 bits per heavy atom. The minimum Gasteiger partial charge on any atom is -0.496 e. The number of ether oxygens (including phenoxy) is 3. The molecule has 0 bridgehead atoms. The molecule has 0 radical (unpaired) electrons. The van der Waals surface area contributed by atoms with Gasteiger partial charge in [-0.25, -0.2) is 4.39 Å². The number of carbonyl (C=O) groups excluding carboxylic acids is 2. The molecule has 1 fully saturated rings. The molecular weight excluding hydrogens is 413 g/mol. The molecule has 2 aliphatic rings. The van der Waals surface area contributed by atoms with Crippen LogP contribution in [-0.4, -0.2) is 49.5 Å². The molecular formula is C22H21ClFNO5. The van der Waals surface area contributed by atoms with Crippen LogP contribution in [0.5, 0.6) is 17.2 Å². The van der Waals surface area contributed by atoms with Crippen molar-refractivity contribution in [3.05, 3.63) is 52.3 Å². The van der Waals surface area contributed by atoms with E-state index in [4.69, 9.17) is 25.8 Å². The number of nitrogens with zero attached hydrogens (tertiary/aromatic N) is 1. The van der Waals surface area contributed by atoms with E-state index >= 15 is 0 Å². The number of hydrogen-bond acceptors (Lipinski definition) is 5. The smallest absolute Gasteiger partial charge is 0.258 e. The summed E-state index contributed by atoms with van der Waals surface area (Å²) in [4.78, 5) is 27.3. The van der Waals surface area contributed by atoms with Gasteiger partial charge in [0.2, 0.25) is 0 Å². The molecule has 6 nitrogen and oxygen atoms in total. The average Bonchev–Trinajstić information content (AvgIpc) is 2.72. The first-order valence-corrected chi connectivity index (χ1v) is 9.97. The number of benzene rings is 2. The SMILES string of the molecule is COc1cc(OC)c2c(c1)OC1(CCN(C(=O)c3c(F)cccc3Cl)CC1)CC2=O. The van der Waals surface area contributed by atoms with E-state index in [9.17, 15) is 14.0 Å². The van der Waals surface area contributed by atoms with Gasteiger partial charge in [0.1, 0.15) is 34.2 Å². The normalized spacial score (nSPS) is 17.3. The number of Topliss-reactive ketones (excluding diaryl/α,β-unsaturated/α-hetero) is 1. The second kappa shape index (κ2) is 7.80. The van der Waals surface area contributed by atoms with Crippen molar-refractivity contribution in [1.82, 2.24) is 4.90 Å². The highest BCUT2D eigenvalue weighted by Gasteiger charge is 2.45. The molecule has 2 aromatic rings. The van der Waals surface area contributed by atoms with Gasteiger partial charge in [-0.05, 0) is 12.1 Å². The molecule has 0 aliphatic carbocycles. The molecule has 30 heavy (non-hydrogen) atoms. The summed E-state index contributed by atoms with van der Waals surface area (Å²) in [5.74, 6) is 0.166. The van der Waals surface area contributed by atoms with Gasteiger partial charge in [0.15, 0.2) is 5.78 Å². The number of ketones is 1. The largest absolute Gasteiger partial charge is 0.496 e. The summed E-state index contributed by atoms with van der Waals surface area (Å²) in [5.41, 5.74) is -0.451. The fourth-order valence-corrected chi connectivity index (χ4v) is 4.35. The number of hydrogen-bond donors (Lipinski definition) is 0. The third-order valence-electron chi connectivity index (χ3n) is 5.72. The van der Waals surface area contributed by atoms with Crippen LogP contribution in [0.4, 0.5) is 4.39 Å². The van der Waals surface area contributed by atoms with Crippen LogP contribution in [0, 0.1) is 5.82 Å². The van der Waals surface area contributed by atoms with Gasteiger partial charge in [-0.15, -0.1) is 0 Å². The summed E-state index contributed by atoms with van der Waals surface area (Å²) in [6.45, 7) is 0.653. The van der Waals surface area contributed by atoms with E-state index in [1.54, 1.807) is 17.0 Å². The van der Waals surface area contributed by atoms with Gasteiger partial charge in [0.05, 0.1) is 31.2 Å². The molecule has 0 atom stereocenters. The summed E-state index contributed by atoms with van der Waals surface area (Å²) in [7, 11) is 3.02. The van der Waals surface area contributed by atoms with Gasteiger partial charge in [-0.1, -0.05) is 17.7 Å². The van der Waals surface area contributed by atoms with E-state index in [1.807, 2.05) is 0 Å². The molecule has 1 saturated heterocycles. The fraction of sp³-hybridized carbons (Fsp3) is 0.364. The number of fused-ring (bicyclic) bond motifs is 1. The summed E-state index contributed by atoms with van der Waals surface area (Å²) in [6.07, 6.45) is 1.07. The highest BCUT2D eigenvalue weighted by atomic mass is 35.5. The molecule has 1 spiro atoms. The monoisotopic (exact) mass is 433 g/mol. The number of carbonyl (C=O) groups is 2. The number of rotatable bonds is 3. The van der Waals surface area contributed by atoms with Crippen LogP contribution in [0.3, 0.4) is 0 Å². The number of methoxy groups -OCH3 is 2. The maximum atomic E-state index is 14.1. The molecule has 0 N–H and O–H groups in total. The maximum absolute atomic E-state index is 14.1. The maximum Gasteiger partial charge on any atom is 0.258 e. The van der Waals surface area contributed by atoms with E-state index in [-0.39, 0.29) is 22.8 Å². The topological polar surface area (TPSA) is 65.1 Å². The molecule has 2 aliphatic heterocycles. The standard InChI is InChI=1S/C22H21ClFNO5/c1-28-13-10-17(29-2)20-16(26)12-22(30-18(20)11-13)6-8-25(9-7-22)21(27)19-14(23)4-3-5-15(19)24/h3-5,10-11H,6-9,12H2,1-2H3. The lowest BCUT2D eigenvalue weighted by Crippen LogP contribution is -2.52. The minimum absolute atomic E-state index is 0.0762. The molecule has 1 amide bonds. The lowest BCUT2D eigenvalue weighted by molar-refractivity contribution is -0.00618. The summed E-state index contributed by atoms with van der Waals surface area (Å²) >= 11 is 6.04. The van der Waals surface area contributed by atoms with Crippen molar-refractivity contribution in [1.29, 1.82) is 0 Å². The van der Waals surface area contributed by atoms with Crippen LogP contribution in [-0.2, 0) is 0 Å². The van der Waals surface area contributed by atoms with Gasteiger partial charge in [0.25, 0.3) is 5.91 Å². The van der Waals surface area contributed by atoms with Gasteiger partial charge >= 0.3 is 0 Å². The predicted molar refractivity (Wildman–Crippen MR) is 108 cm³/mol. The van der Waals surface area contributed by atoms with Crippen LogP contribution in [0.15, 0.2) is 30.3 Å².